The van der Waals surface area contributed by atoms with Crippen LogP contribution in [0.1, 0.15) is 18.0 Å². The number of anilines is 1. The second-order valence-electron chi connectivity index (χ2n) is 5.93. The summed E-state index contributed by atoms with van der Waals surface area (Å²) in [6, 6.07) is 9.41. The van der Waals surface area contributed by atoms with Crippen molar-refractivity contribution in [3.05, 3.63) is 58.9 Å². The van der Waals surface area contributed by atoms with Crippen molar-refractivity contribution in [2.75, 3.05) is 12.4 Å². The summed E-state index contributed by atoms with van der Waals surface area (Å²) >= 11 is 4.15. The van der Waals surface area contributed by atoms with Gasteiger partial charge in [0.25, 0.3) is 0 Å². The van der Waals surface area contributed by atoms with E-state index in [4.69, 9.17) is 11.6 Å². The lowest BCUT2D eigenvalue weighted by Crippen LogP contribution is -2.55. The normalized spacial score (nSPS) is 23.6. The van der Waals surface area contributed by atoms with Crippen molar-refractivity contribution in [2.24, 2.45) is 0 Å². The predicted octanol–water partition coefficient (Wildman–Crippen LogP) is 2.74. The number of carbonyl (C=O) groups is 1. The number of nitrogens with one attached hydrogen (secondary N) is 2. The number of nitrogens with zero attached hydrogens (tertiary/aromatic N) is 1. The zero-order chi connectivity index (χ0) is 18.8. The van der Waals surface area contributed by atoms with Gasteiger partial charge in [0, 0.05) is 19.2 Å². The fourth-order valence-electron chi connectivity index (χ4n) is 2.76. The maximum atomic E-state index is 13.3. The van der Waals surface area contributed by atoms with E-state index in [1.54, 1.807) is 25.2 Å². The first-order chi connectivity index (χ1) is 12.3. The third-order valence-electron chi connectivity index (χ3n) is 4.16. The Bertz CT molecular complexity index is 826. The maximum Gasteiger partial charge on any atom is 0.246 e. The van der Waals surface area contributed by atoms with E-state index in [0.29, 0.717) is 12.1 Å². The third-order valence-corrected chi connectivity index (χ3v) is 5.72. The second-order valence-corrected chi connectivity index (χ2v) is 7.65. The van der Waals surface area contributed by atoms with Gasteiger partial charge in [0.2, 0.25) is 5.91 Å². The topological polar surface area (TPSA) is 87.7 Å². The van der Waals surface area contributed by atoms with Gasteiger partial charge >= 0.3 is 0 Å². The largest absolute Gasteiger partial charge is 0.579 e. The van der Waals surface area contributed by atoms with Crippen LogP contribution in [0.3, 0.4) is 0 Å². The van der Waals surface area contributed by atoms with Crippen LogP contribution in [0.2, 0.25) is 5.02 Å². The zero-order valence-electron chi connectivity index (χ0n) is 13.8. The van der Waals surface area contributed by atoms with E-state index in [1.165, 1.54) is 22.5 Å². The molecule has 1 aliphatic heterocycles. The summed E-state index contributed by atoms with van der Waals surface area (Å²) in [6.07, 6.45) is 0.340. The minimum atomic E-state index is -1.58. The number of phenolic OH excluding ortho intramolecular Hbond substituents is 1. The molecule has 0 bridgehead atoms. The van der Waals surface area contributed by atoms with E-state index in [1.807, 2.05) is 0 Å². The number of likely N-dealkylation sites (N-methyl/N-ethyl adjacent to an activating group) is 1. The molecule has 1 fully saturated rings. The molecular formula is C17H17ClFN3O3S. The molecule has 1 saturated heterocycles. The average Bonchev–Trinajstić information content (AvgIpc) is 2.60. The minimum absolute atomic E-state index is 0.0935. The van der Waals surface area contributed by atoms with E-state index in [2.05, 4.69) is 10.0 Å². The van der Waals surface area contributed by atoms with Crippen LogP contribution in [0.5, 0.6) is 5.75 Å². The third kappa shape index (κ3) is 4.11. The summed E-state index contributed by atoms with van der Waals surface area (Å²) in [5.74, 6) is -0.861. The van der Waals surface area contributed by atoms with Crippen LogP contribution < -0.4 is 10.0 Å². The molecule has 3 atom stereocenters. The number of aromatic hydroxyl groups is 1. The van der Waals surface area contributed by atoms with Crippen LogP contribution >= 0.6 is 11.6 Å². The van der Waals surface area contributed by atoms with Gasteiger partial charge < -0.3 is 15.0 Å². The first-order valence-electron chi connectivity index (χ1n) is 7.81. The lowest BCUT2D eigenvalue weighted by Gasteiger charge is -2.36. The summed E-state index contributed by atoms with van der Waals surface area (Å²) in [5, 5.41) is 12.2. The average molecular weight is 398 g/mol. The molecule has 0 saturated carbocycles. The van der Waals surface area contributed by atoms with Crippen LogP contribution in [-0.4, -0.2) is 33.0 Å². The summed E-state index contributed by atoms with van der Waals surface area (Å²) in [7, 11) is 1.57. The molecular weight excluding hydrogens is 381 g/mol. The minimum Gasteiger partial charge on any atom is -0.579 e. The Morgan fingerprint density at radius 3 is 2.88 bits per heavy atom. The van der Waals surface area contributed by atoms with E-state index in [9.17, 15) is 18.8 Å². The molecule has 1 aliphatic rings. The van der Waals surface area contributed by atoms with Gasteiger partial charge in [-0.05, 0) is 35.9 Å². The van der Waals surface area contributed by atoms with Gasteiger partial charge in [0.05, 0.1) is 11.1 Å². The fourth-order valence-corrected chi connectivity index (χ4v) is 3.99. The summed E-state index contributed by atoms with van der Waals surface area (Å²) < 4.78 is 29.9. The van der Waals surface area contributed by atoms with Gasteiger partial charge in [-0.15, -0.1) is 4.72 Å². The van der Waals surface area contributed by atoms with Gasteiger partial charge in [-0.2, -0.15) is 0 Å². The van der Waals surface area contributed by atoms with E-state index < -0.39 is 23.4 Å². The summed E-state index contributed by atoms with van der Waals surface area (Å²) in [5.41, 5.74) is 1.09. The number of amides is 1. The first-order valence-corrected chi connectivity index (χ1v) is 9.29. The lowest BCUT2D eigenvalue weighted by atomic mass is 9.99. The molecule has 0 aromatic heterocycles. The Kier molecular flexibility index (Phi) is 5.69. The maximum absolute atomic E-state index is 13.3. The van der Waals surface area contributed by atoms with Crippen LogP contribution in [-0.2, 0) is 16.3 Å². The van der Waals surface area contributed by atoms with E-state index >= 15 is 0 Å². The molecule has 6 nitrogen and oxygen atoms in total. The standard InChI is InChI=1S/C17H17ClFN3O3S/c1-22-16(17(24)20-11-5-6-14(19)13(18)8-11)9-15(21-26(22)25)10-3-2-4-12(23)7-10/h2-8,15-16,21,23H,9H2,1H3,(H,20,24). The van der Waals surface area contributed by atoms with Gasteiger partial charge in [0.1, 0.15) is 29.2 Å². The lowest BCUT2D eigenvalue weighted by molar-refractivity contribution is -0.120. The van der Waals surface area contributed by atoms with Crippen LogP contribution in [0.4, 0.5) is 10.1 Å². The SMILES string of the molecule is CN1C(C(=O)Nc2ccc(F)c(Cl)c2)CC(c2cccc(O)c2)N[S+]1[O-]. The summed E-state index contributed by atoms with van der Waals surface area (Å²) in [6.45, 7) is 0. The van der Waals surface area contributed by atoms with Crippen molar-refractivity contribution < 1.29 is 18.8 Å². The Hall–Kier alpha value is -1.84. The number of halogens is 2. The molecule has 2 aromatic carbocycles. The van der Waals surface area contributed by atoms with Gasteiger partial charge in [0.15, 0.2) is 0 Å². The molecule has 3 rings (SSSR count). The number of benzene rings is 2. The van der Waals surface area contributed by atoms with Gasteiger partial charge in [-0.3, -0.25) is 4.79 Å². The highest BCUT2D eigenvalue weighted by atomic mass is 35.5. The smallest absolute Gasteiger partial charge is 0.246 e. The molecule has 1 heterocycles. The van der Waals surface area contributed by atoms with Crippen molar-refractivity contribution >= 4 is 34.7 Å². The van der Waals surface area contributed by atoms with Crippen LogP contribution in [0.15, 0.2) is 42.5 Å². The molecule has 26 heavy (non-hydrogen) atoms. The highest BCUT2D eigenvalue weighted by molar-refractivity contribution is 7.87. The molecule has 0 aliphatic carbocycles. The van der Waals surface area contributed by atoms with E-state index in [-0.39, 0.29) is 22.7 Å². The van der Waals surface area contributed by atoms with Crippen molar-refractivity contribution in [3.8, 4) is 5.75 Å². The molecule has 3 unspecified atom stereocenters. The van der Waals surface area contributed by atoms with Crippen molar-refractivity contribution in [1.82, 2.24) is 9.03 Å². The van der Waals surface area contributed by atoms with Crippen molar-refractivity contribution in [1.29, 1.82) is 0 Å². The molecule has 9 heteroatoms. The molecule has 3 N–H and O–H groups in total. The monoisotopic (exact) mass is 397 g/mol. The molecule has 0 spiro atoms. The van der Waals surface area contributed by atoms with Crippen LogP contribution in [0, 0.1) is 5.82 Å². The number of hydrogen-bond acceptors (Lipinski definition) is 5. The highest BCUT2D eigenvalue weighted by Crippen LogP contribution is 2.30. The van der Waals surface area contributed by atoms with Crippen LogP contribution in [0.25, 0.3) is 0 Å². The fraction of sp³-hybridized carbons (Fsp3) is 0.235. The number of phenols is 1. The molecule has 1 amide bonds. The van der Waals surface area contributed by atoms with Crippen molar-refractivity contribution in [3.63, 3.8) is 0 Å². The highest BCUT2D eigenvalue weighted by Gasteiger charge is 2.41. The first kappa shape index (κ1) is 18.9. The van der Waals surface area contributed by atoms with Gasteiger partial charge in [-0.1, -0.05) is 28.0 Å². The molecule has 138 valence electrons. The number of rotatable bonds is 3. The number of hydrogen-bond donors (Lipinski definition) is 3. The Morgan fingerprint density at radius 1 is 1.42 bits per heavy atom. The van der Waals surface area contributed by atoms with E-state index in [0.717, 1.165) is 11.6 Å². The molecule has 2 aromatic rings. The van der Waals surface area contributed by atoms with Crippen molar-refractivity contribution in [2.45, 2.75) is 18.5 Å². The Labute approximate surface area is 158 Å². The number of carbonyl (C=O) groups excluding carboxylic acids is 1. The quantitative estimate of drug-likeness (QED) is 0.693. The van der Waals surface area contributed by atoms with Gasteiger partial charge in [-0.25, -0.2) is 4.39 Å². The zero-order valence-corrected chi connectivity index (χ0v) is 15.4. The predicted molar refractivity (Wildman–Crippen MR) is 98.3 cm³/mol. The second kappa shape index (κ2) is 7.81. The summed E-state index contributed by atoms with van der Waals surface area (Å²) in [4.78, 5) is 12.7. The Morgan fingerprint density at radius 2 is 2.19 bits per heavy atom. The molecule has 0 radical (unpaired) electrons. The Balaban J connectivity index is 1.78.